The van der Waals surface area contributed by atoms with Crippen LogP contribution in [0.4, 0.5) is 0 Å². The molecule has 2 atom stereocenters. The molecule has 0 saturated carbocycles. The van der Waals surface area contributed by atoms with E-state index in [-0.39, 0.29) is 12.1 Å². The molecule has 0 radical (unpaired) electrons. The summed E-state index contributed by atoms with van der Waals surface area (Å²) in [6.45, 7) is 8.66. The lowest BCUT2D eigenvalue weighted by atomic mass is 10.0. The van der Waals surface area contributed by atoms with Crippen molar-refractivity contribution in [2.24, 2.45) is 0 Å². The number of aromatic amines is 1. The number of H-pyrrole nitrogens is 1. The van der Waals surface area contributed by atoms with Crippen LogP contribution in [0, 0.1) is 11.3 Å². The summed E-state index contributed by atoms with van der Waals surface area (Å²) < 4.78 is 5.89. The molecule has 2 aromatic rings. The van der Waals surface area contributed by atoms with Crippen LogP contribution in [-0.4, -0.2) is 39.8 Å². The van der Waals surface area contributed by atoms with E-state index in [9.17, 15) is 0 Å². The normalized spacial score (nSPS) is 20.0. The highest BCUT2D eigenvalue weighted by Gasteiger charge is 2.28. The second-order valence-corrected chi connectivity index (χ2v) is 6.50. The predicted molar refractivity (Wildman–Crippen MR) is 90.3 cm³/mol. The molecule has 3 rings (SSSR count). The summed E-state index contributed by atoms with van der Waals surface area (Å²) in [6, 6.07) is 10.2. The first-order valence-electron chi connectivity index (χ1n) is 8.36. The van der Waals surface area contributed by atoms with Crippen molar-refractivity contribution in [3.05, 3.63) is 47.0 Å². The monoisotopic (exact) mass is 325 g/mol. The summed E-state index contributed by atoms with van der Waals surface area (Å²) in [4.78, 5) is 6.95. The lowest BCUT2D eigenvalue weighted by Gasteiger charge is -2.36. The fraction of sp³-hybridized carbons (Fsp3) is 0.500. The summed E-state index contributed by atoms with van der Waals surface area (Å²) >= 11 is 0. The molecule has 6 heteroatoms. The van der Waals surface area contributed by atoms with Gasteiger partial charge < -0.3 is 4.74 Å². The number of nitrogens with zero attached hydrogens (tertiary/aromatic N) is 4. The molecule has 1 saturated heterocycles. The van der Waals surface area contributed by atoms with Gasteiger partial charge in [-0.25, -0.2) is 4.98 Å². The van der Waals surface area contributed by atoms with E-state index in [0.717, 1.165) is 24.7 Å². The Bertz CT molecular complexity index is 716. The number of ether oxygens (including phenoxy) is 1. The maximum absolute atomic E-state index is 8.92. The number of benzene rings is 1. The number of nitrogens with one attached hydrogen (secondary N) is 1. The predicted octanol–water partition coefficient (Wildman–Crippen LogP) is 2.93. The van der Waals surface area contributed by atoms with Crippen LogP contribution in [0.3, 0.4) is 0 Å². The van der Waals surface area contributed by atoms with Crippen LogP contribution in [-0.2, 0) is 4.74 Å². The Balaban J connectivity index is 1.71. The third kappa shape index (κ3) is 3.48. The average molecular weight is 325 g/mol. The minimum absolute atomic E-state index is 0.0837. The summed E-state index contributed by atoms with van der Waals surface area (Å²) in [5.41, 5.74) is 1.89. The van der Waals surface area contributed by atoms with Crippen LogP contribution in [0.25, 0.3) is 0 Å². The van der Waals surface area contributed by atoms with E-state index in [1.165, 1.54) is 5.56 Å². The molecule has 0 bridgehead atoms. The number of nitriles is 1. The van der Waals surface area contributed by atoms with Gasteiger partial charge in [-0.2, -0.15) is 10.4 Å². The molecule has 0 unspecified atom stereocenters. The van der Waals surface area contributed by atoms with E-state index in [4.69, 9.17) is 10.00 Å². The van der Waals surface area contributed by atoms with Crippen molar-refractivity contribution in [1.29, 1.82) is 5.26 Å². The zero-order chi connectivity index (χ0) is 17.1. The third-order valence-corrected chi connectivity index (χ3v) is 4.51. The Morgan fingerprint density at radius 2 is 2.04 bits per heavy atom. The smallest absolute Gasteiger partial charge is 0.155 e. The summed E-state index contributed by atoms with van der Waals surface area (Å²) in [6.07, 6.45) is -0.0837. The first-order chi connectivity index (χ1) is 11.6. The molecular weight excluding hydrogens is 302 g/mol. The lowest BCUT2D eigenvalue weighted by molar-refractivity contribution is -0.0470. The zero-order valence-electron chi connectivity index (χ0n) is 14.4. The van der Waals surface area contributed by atoms with Crippen LogP contribution < -0.4 is 0 Å². The van der Waals surface area contributed by atoms with Gasteiger partial charge in [0.05, 0.1) is 18.2 Å². The van der Waals surface area contributed by atoms with Gasteiger partial charge >= 0.3 is 0 Å². The number of rotatable bonds is 4. The van der Waals surface area contributed by atoms with Gasteiger partial charge in [0.1, 0.15) is 6.10 Å². The Labute approximate surface area is 142 Å². The summed E-state index contributed by atoms with van der Waals surface area (Å²) in [7, 11) is 0. The molecule has 1 aliphatic rings. The minimum atomic E-state index is -0.0837. The van der Waals surface area contributed by atoms with Crippen molar-refractivity contribution in [1.82, 2.24) is 20.1 Å². The Hall–Kier alpha value is -2.23. The highest BCUT2D eigenvalue weighted by atomic mass is 16.5. The molecule has 1 N–H and O–H groups in total. The van der Waals surface area contributed by atoms with Gasteiger partial charge in [-0.1, -0.05) is 26.0 Å². The molecule has 0 aliphatic carbocycles. The van der Waals surface area contributed by atoms with E-state index in [1.807, 2.05) is 24.3 Å². The Morgan fingerprint density at radius 1 is 1.29 bits per heavy atom. The average Bonchev–Trinajstić information content (AvgIpc) is 3.12. The van der Waals surface area contributed by atoms with E-state index in [0.29, 0.717) is 18.1 Å². The maximum Gasteiger partial charge on any atom is 0.155 e. The highest BCUT2D eigenvalue weighted by Crippen LogP contribution is 2.27. The number of hydrogen-bond donors (Lipinski definition) is 1. The molecule has 24 heavy (non-hydrogen) atoms. The van der Waals surface area contributed by atoms with Crippen LogP contribution in [0.15, 0.2) is 24.3 Å². The van der Waals surface area contributed by atoms with Gasteiger partial charge in [-0.3, -0.25) is 10.00 Å². The van der Waals surface area contributed by atoms with Crippen molar-refractivity contribution in [2.45, 2.75) is 38.8 Å². The van der Waals surface area contributed by atoms with Crippen molar-refractivity contribution >= 4 is 0 Å². The second-order valence-electron chi connectivity index (χ2n) is 6.50. The number of aromatic nitrogens is 3. The van der Waals surface area contributed by atoms with Crippen molar-refractivity contribution in [3.8, 4) is 6.07 Å². The molecule has 1 aliphatic heterocycles. The third-order valence-electron chi connectivity index (χ3n) is 4.51. The standard InChI is InChI=1S/C18H23N5O/c1-12(2)17-20-18(22-21-17)16-11-23(8-9-24-16)13(3)15-6-4-14(10-19)5-7-15/h4-7,12-13,16H,8-9,11H2,1-3H3,(H,20,21,22)/t13-,16+/m1/s1. The minimum Gasteiger partial charge on any atom is -0.368 e. The molecule has 1 fully saturated rings. The molecule has 0 spiro atoms. The van der Waals surface area contributed by atoms with Crippen LogP contribution >= 0.6 is 0 Å². The molecule has 126 valence electrons. The van der Waals surface area contributed by atoms with E-state index in [2.05, 4.69) is 46.9 Å². The summed E-state index contributed by atoms with van der Waals surface area (Å²) in [5.74, 6) is 1.92. The van der Waals surface area contributed by atoms with Gasteiger partial charge in [0.25, 0.3) is 0 Å². The van der Waals surface area contributed by atoms with Gasteiger partial charge in [-0.15, -0.1) is 0 Å². The largest absolute Gasteiger partial charge is 0.368 e. The Kier molecular flexibility index (Phi) is 4.93. The van der Waals surface area contributed by atoms with Crippen LogP contribution in [0.1, 0.15) is 61.6 Å². The van der Waals surface area contributed by atoms with E-state index in [1.54, 1.807) is 0 Å². The van der Waals surface area contributed by atoms with Crippen molar-refractivity contribution in [2.75, 3.05) is 19.7 Å². The first kappa shape index (κ1) is 16.6. The quantitative estimate of drug-likeness (QED) is 0.935. The summed E-state index contributed by atoms with van der Waals surface area (Å²) in [5, 5.41) is 16.2. The van der Waals surface area contributed by atoms with Crippen LogP contribution in [0.2, 0.25) is 0 Å². The number of morpholine rings is 1. The molecule has 1 aromatic heterocycles. The zero-order valence-corrected chi connectivity index (χ0v) is 14.4. The fourth-order valence-corrected chi connectivity index (χ4v) is 2.92. The topological polar surface area (TPSA) is 77.8 Å². The number of hydrogen-bond acceptors (Lipinski definition) is 5. The SMILES string of the molecule is CC(C)c1n[nH]c([C@@H]2CN([C@H](C)c3ccc(C#N)cc3)CCO2)n1. The van der Waals surface area contributed by atoms with E-state index >= 15 is 0 Å². The molecule has 1 aromatic carbocycles. The van der Waals surface area contributed by atoms with Gasteiger partial charge in [0.15, 0.2) is 11.6 Å². The first-order valence-corrected chi connectivity index (χ1v) is 8.36. The highest BCUT2D eigenvalue weighted by molar-refractivity contribution is 5.32. The van der Waals surface area contributed by atoms with E-state index < -0.39 is 0 Å². The van der Waals surface area contributed by atoms with Crippen LogP contribution in [0.5, 0.6) is 0 Å². The maximum atomic E-state index is 8.92. The Morgan fingerprint density at radius 3 is 2.67 bits per heavy atom. The lowest BCUT2D eigenvalue weighted by Crippen LogP contribution is -2.40. The van der Waals surface area contributed by atoms with Gasteiger partial charge in [-0.05, 0) is 24.6 Å². The second kappa shape index (κ2) is 7.12. The fourth-order valence-electron chi connectivity index (χ4n) is 2.92. The molecule has 0 amide bonds. The molecule has 2 heterocycles. The molecular formula is C18H23N5O. The van der Waals surface area contributed by atoms with Crippen molar-refractivity contribution in [3.63, 3.8) is 0 Å². The molecule has 6 nitrogen and oxygen atoms in total. The van der Waals surface area contributed by atoms with Gasteiger partial charge in [0, 0.05) is 25.0 Å². The van der Waals surface area contributed by atoms with Crippen molar-refractivity contribution < 1.29 is 4.74 Å². The van der Waals surface area contributed by atoms with Gasteiger partial charge in [0.2, 0.25) is 0 Å².